The quantitative estimate of drug-likeness (QED) is 0.790. The molecule has 2 N–H and O–H groups in total. The highest BCUT2D eigenvalue weighted by atomic mass is 16.6. The van der Waals surface area contributed by atoms with E-state index < -0.39 is 5.60 Å². The summed E-state index contributed by atoms with van der Waals surface area (Å²) in [5, 5.41) is 13.3. The summed E-state index contributed by atoms with van der Waals surface area (Å²) in [6, 6.07) is 6.04. The Morgan fingerprint density at radius 2 is 2.09 bits per heavy atom. The largest absolute Gasteiger partial charge is 0.507 e. The highest BCUT2D eigenvalue weighted by Gasteiger charge is 2.34. The fourth-order valence-corrected chi connectivity index (χ4v) is 2.41. The van der Waals surface area contributed by atoms with Gasteiger partial charge in [0, 0.05) is 31.2 Å². The highest BCUT2D eigenvalue weighted by molar-refractivity contribution is 5.69. The molecule has 0 radical (unpaired) electrons. The average Bonchev–Trinajstić information content (AvgIpc) is 3.25. The number of carbonyl (C=O) groups is 1. The third-order valence-corrected chi connectivity index (χ3v) is 3.78. The number of hydrogen-bond acceptors (Lipinski definition) is 4. The van der Waals surface area contributed by atoms with Crippen molar-refractivity contribution in [2.24, 2.45) is 0 Å². The minimum Gasteiger partial charge on any atom is -0.507 e. The topological polar surface area (TPSA) is 61.8 Å². The lowest BCUT2D eigenvalue weighted by atomic mass is 10.1. The Bertz CT molecular complexity index is 548. The Labute approximate surface area is 138 Å². The van der Waals surface area contributed by atoms with Gasteiger partial charge in [0.05, 0.1) is 0 Å². The van der Waals surface area contributed by atoms with E-state index >= 15 is 0 Å². The molecule has 23 heavy (non-hydrogen) atoms. The lowest BCUT2D eigenvalue weighted by molar-refractivity contribution is 0.0236. The molecule has 1 fully saturated rings. The van der Waals surface area contributed by atoms with Gasteiger partial charge >= 0.3 is 6.09 Å². The molecule has 1 aromatic carbocycles. The lowest BCUT2D eigenvalue weighted by Crippen LogP contribution is -2.41. The summed E-state index contributed by atoms with van der Waals surface area (Å²) < 4.78 is 5.47. The molecule has 1 amide bonds. The van der Waals surface area contributed by atoms with Gasteiger partial charge in [-0.05, 0) is 46.1 Å². The van der Waals surface area contributed by atoms with Crippen LogP contribution in [-0.4, -0.2) is 40.8 Å². The van der Waals surface area contributed by atoms with E-state index in [1.165, 1.54) is 0 Å². The molecule has 0 spiro atoms. The van der Waals surface area contributed by atoms with Gasteiger partial charge in [0.15, 0.2) is 0 Å². The van der Waals surface area contributed by atoms with E-state index in [4.69, 9.17) is 4.74 Å². The number of aryl methyl sites for hydroxylation is 1. The van der Waals surface area contributed by atoms with Gasteiger partial charge < -0.3 is 20.1 Å². The Balaban J connectivity index is 1.81. The maximum absolute atomic E-state index is 12.2. The van der Waals surface area contributed by atoms with Crippen LogP contribution >= 0.6 is 0 Å². The molecule has 5 heteroatoms. The van der Waals surface area contributed by atoms with Crippen molar-refractivity contribution in [3.8, 4) is 5.75 Å². The van der Waals surface area contributed by atoms with Crippen LogP contribution in [-0.2, 0) is 11.3 Å². The number of benzene rings is 1. The van der Waals surface area contributed by atoms with Crippen molar-refractivity contribution in [3.05, 3.63) is 29.3 Å². The second-order valence-electron chi connectivity index (χ2n) is 7.16. The molecule has 5 nitrogen and oxygen atoms in total. The van der Waals surface area contributed by atoms with Gasteiger partial charge in [-0.25, -0.2) is 4.79 Å². The van der Waals surface area contributed by atoms with Gasteiger partial charge in [-0.15, -0.1) is 0 Å². The molecule has 0 heterocycles. The first kappa shape index (κ1) is 17.6. The number of carbonyl (C=O) groups excluding carboxylic acids is 1. The van der Waals surface area contributed by atoms with Crippen LogP contribution in [0.15, 0.2) is 18.2 Å². The molecular weight excluding hydrogens is 292 g/mol. The van der Waals surface area contributed by atoms with E-state index in [0.717, 1.165) is 24.0 Å². The van der Waals surface area contributed by atoms with Crippen molar-refractivity contribution < 1.29 is 14.6 Å². The lowest BCUT2D eigenvalue weighted by Gasteiger charge is -2.27. The van der Waals surface area contributed by atoms with Gasteiger partial charge in [0.1, 0.15) is 11.4 Å². The molecule has 0 bridgehead atoms. The fraction of sp³-hybridized carbons (Fsp3) is 0.611. The summed E-state index contributed by atoms with van der Waals surface area (Å²) in [5.41, 5.74) is 1.28. The van der Waals surface area contributed by atoms with Crippen LogP contribution in [0.4, 0.5) is 4.79 Å². The van der Waals surface area contributed by atoms with E-state index in [0.29, 0.717) is 31.4 Å². The molecule has 128 valence electrons. The van der Waals surface area contributed by atoms with E-state index in [2.05, 4.69) is 5.32 Å². The van der Waals surface area contributed by atoms with E-state index in [9.17, 15) is 9.90 Å². The summed E-state index contributed by atoms with van der Waals surface area (Å²) in [4.78, 5) is 14.1. The van der Waals surface area contributed by atoms with Gasteiger partial charge in [-0.3, -0.25) is 0 Å². The third-order valence-electron chi connectivity index (χ3n) is 3.78. The Kier molecular flexibility index (Phi) is 5.52. The van der Waals surface area contributed by atoms with Crippen LogP contribution in [0.2, 0.25) is 0 Å². The first-order valence-corrected chi connectivity index (χ1v) is 8.26. The number of phenols is 1. The predicted molar refractivity (Wildman–Crippen MR) is 90.5 cm³/mol. The molecule has 0 aromatic heterocycles. The SMILES string of the molecule is Cc1cccc(CNCCN(C(=O)OC(C)(C)C)C2CC2)c1O. The standard InChI is InChI=1S/C18H28N2O3/c1-13-6-5-7-14(16(13)21)12-19-10-11-20(15-8-9-15)17(22)23-18(2,3)4/h5-7,15,19,21H,8-12H2,1-4H3. The smallest absolute Gasteiger partial charge is 0.410 e. The maximum Gasteiger partial charge on any atom is 0.410 e. The van der Waals surface area contributed by atoms with E-state index in [-0.39, 0.29) is 6.09 Å². The highest BCUT2D eigenvalue weighted by Crippen LogP contribution is 2.28. The number of nitrogens with zero attached hydrogens (tertiary/aromatic N) is 1. The van der Waals surface area contributed by atoms with Gasteiger partial charge in [-0.1, -0.05) is 18.2 Å². The molecule has 0 saturated heterocycles. The zero-order chi connectivity index (χ0) is 17.0. The molecule has 1 aromatic rings. The van der Waals surface area contributed by atoms with Crippen LogP contribution in [0.1, 0.15) is 44.7 Å². The Morgan fingerprint density at radius 1 is 1.39 bits per heavy atom. The van der Waals surface area contributed by atoms with Gasteiger partial charge in [-0.2, -0.15) is 0 Å². The average molecular weight is 320 g/mol. The van der Waals surface area contributed by atoms with Gasteiger partial charge in [0.25, 0.3) is 0 Å². The van der Waals surface area contributed by atoms with Crippen LogP contribution in [0.25, 0.3) is 0 Å². The zero-order valence-corrected chi connectivity index (χ0v) is 14.6. The summed E-state index contributed by atoms with van der Waals surface area (Å²) in [7, 11) is 0. The van der Waals surface area contributed by atoms with Crippen molar-refractivity contribution >= 4 is 6.09 Å². The maximum atomic E-state index is 12.2. The second kappa shape index (κ2) is 7.21. The summed E-state index contributed by atoms with van der Waals surface area (Å²) in [5.74, 6) is 0.339. The van der Waals surface area contributed by atoms with E-state index in [1.54, 1.807) is 0 Å². The predicted octanol–water partition coefficient (Wildman–Crippen LogP) is 3.19. The first-order valence-electron chi connectivity index (χ1n) is 8.26. The first-order chi connectivity index (χ1) is 10.8. The molecule has 0 aliphatic heterocycles. The molecule has 1 aliphatic carbocycles. The Hall–Kier alpha value is -1.75. The van der Waals surface area contributed by atoms with Crippen molar-refractivity contribution in [3.63, 3.8) is 0 Å². The van der Waals surface area contributed by atoms with E-state index in [1.807, 2.05) is 50.8 Å². The zero-order valence-electron chi connectivity index (χ0n) is 14.6. The molecule has 1 saturated carbocycles. The number of rotatable bonds is 6. The number of amides is 1. The number of hydrogen-bond donors (Lipinski definition) is 2. The van der Waals surface area contributed by atoms with Crippen molar-refractivity contribution in [2.45, 2.75) is 58.7 Å². The summed E-state index contributed by atoms with van der Waals surface area (Å²) >= 11 is 0. The van der Waals surface area contributed by atoms with Crippen LogP contribution in [0.3, 0.4) is 0 Å². The number of phenolic OH excluding ortho intramolecular Hbond substituents is 1. The van der Waals surface area contributed by atoms with Crippen LogP contribution < -0.4 is 5.32 Å². The summed E-state index contributed by atoms with van der Waals surface area (Å²) in [6.07, 6.45) is 1.87. The van der Waals surface area contributed by atoms with Crippen molar-refractivity contribution in [1.29, 1.82) is 0 Å². The summed E-state index contributed by atoms with van der Waals surface area (Å²) in [6.45, 7) is 9.41. The number of nitrogens with one attached hydrogen (secondary N) is 1. The number of ether oxygens (including phenoxy) is 1. The van der Waals surface area contributed by atoms with Crippen molar-refractivity contribution in [2.75, 3.05) is 13.1 Å². The van der Waals surface area contributed by atoms with Crippen LogP contribution in [0, 0.1) is 6.92 Å². The number of para-hydroxylation sites is 1. The molecule has 0 unspecified atom stereocenters. The van der Waals surface area contributed by atoms with Gasteiger partial charge in [0.2, 0.25) is 0 Å². The fourth-order valence-electron chi connectivity index (χ4n) is 2.41. The minimum atomic E-state index is -0.467. The van der Waals surface area contributed by atoms with Crippen molar-refractivity contribution in [1.82, 2.24) is 10.2 Å². The molecular formula is C18H28N2O3. The Morgan fingerprint density at radius 3 is 2.70 bits per heavy atom. The molecule has 2 rings (SSSR count). The third kappa shape index (κ3) is 5.43. The van der Waals surface area contributed by atoms with Crippen LogP contribution in [0.5, 0.6) is 5.75 Å². The second-order valence-corrected chi connectivity index (χ2v) is 7.16. The minimum absolute atomic E-state index is 0.236. The molecule has 1 aliphatic rings. The number of aromatic hydroxyl groups is 1. The monoisotopic (exact) mass is 320 g/mol. The normalized spacial score (nSPS) is 14.6. The molecule has 0 atom stereocenters.